The summed E-state index contributed by atoms with van der Waals surface area (Å²) < 4.78 is 10.9. The van der Waals surface area contributed by atoms with Gasteiger partial charge in [-0.3, -0.25) is 9.59 Å². The Hall–Kier alpha value is -3.03. The summed E-state index contributed by atoms with van der Waals surface area (Å²) in [5.74, 6) is -1.52. The van der Waals surface area contributed by atoms with Crippen molar-refractivity contribution in [1.82, 2.24) is 4.90 Å². The Kier molecular flexibility index (Phi) is 5.89. The van der Waals surface area contributed by atoms with E-state index >= 15 is 0 Å². The number of aliphatic hydroxyl groups is 1. The molecule has 2 aliphatic heterocycles. The molecule has 31 heavy (non-hydrogen) atoms. The van der Waals surface area contributed by atoms with E-state index in [0.29, 0.717) is 17.9 Å². The molecule has 2 aromatic rings. The van der Waals surface area contributed by atoms with Gasteiger partial charge in [0.05, 0.1) is 29.9 Å². The molecule has 2 atom stereocenters. The number of aromatic hydroxyl groups is 1. The van der Waals surface area contributed by atoms with Gasteiger partial charge in [0.1, 0.15) is 17.3 Å². The number of halogens is 1. The molecule has 4 rings (SSSR count). The zero-order chi connectivity index (χ0) is 22.1. The van der Waals surface area contributed by atoms with Crippen LogP contribution in [0.2, 0.25) is 5.02 Å². The predicted octanol–water partition coefficient (Wildman–Crippen LogP) is 3.65. The number of methoxy groups -OCH3 is 1. The molecule has 7 nitrogen and oxygen atoms in total. The summed E-state index contributed by atoms with van der Waals surface area (Å²) in [7, 11) is 1.47. The van der Waals surface area contributed by atoms with Crippen molar-refractivity contribution in [1.29, 1.82) is 0 Å². The molecule has 2 N–H and O–H groups in total. The number of phenols is 1. The number of ketones is 1. The number of hydrogen-bond donors (Lipinski definition) is 2. The van der Waals surface area contributed by atoms with E-state index < -0.39 is 23.5 Å². The van der Waals surface area contributed by atoms with Crippen LogP contribution >= 0.6 is 11.6 Å². The maximum atomic E-state index is 13.1. The molecule has 2 aromatic carbocycles. The first-order chi connectivity index (χ1) is 14.9. The molecule has 162 valence electrons. The molecule has 2 unspecified atom stereocenters. The summed E-state index contributed by atoms with van der Waals surface area (Å²) in [5.41, 5.74) is 0.586. The summed E-state index contributed by atoms with van der Waals surface area (Å²) in [6, 6.07) is 10.1. The first-order valence-electron chi connectivity index (χ1n) is 9.93. The highest BCUT2D eigenvalue weighted by atomic mass is 35.5. The molecule has 2 saturated heterocycles. The van der Waals surface area contributed by atoms with Crippen molar-refractivity contribution in [3.05, 3.63) is 64.2 Å². The molecule has 2 fully saturated rings. The van der Waals surface area contributed by atoms with Crippen LogP contribution in [0.3, 0.4) is 0 Å². The molecule has 0 spiro atoms. The quantitative estimate of drug-likeness (QED) is 0.416. The summed E-state index contributed by atoms with van der Waals surface area (Å²) in [5, 5.41) is 21.3. The third kappa shape index (κ3) is 3.98. The second-order valence-corrected chi connectivity index (χ2v) is 7.93. The van der Waals surface area contributed by atoms with E-state index in [1.807, 2.05) is 0 Å². The Morgan fingerprint density at radius 2 is 2.06 bits per heavy atom. The van der Waals surface area contributed by atoms with Gasteiger partial charge in [0, 0.05) is 18.7 Å². The van der Waals surface area contributed by atoms with Crippen molar-refractivity contribution in [3.63, 3.8) is 0 Å². The van der Waals surface area contributed by atoms with E-state index in [-0.39, 0.29) is 34.6 Å². The van der Waals surface area contributed by atoms with Crippen LogP contribution in [0.25, 0.3) is 5.76 Å². The van der Waals surface area contributed by atoms with Crippen molar-refractivity contribution in [2.45, 2.75) is 25.0 Å². The van der Waals surface area contributed by atoms with Crippen molar-refractivity contribution in [2.75, 3.05) is 20.3 Å². The van der Waals surface area contributed by atoms with Crippen molar-refractivity contribution in [3.8, 4) is 11.5 Å². The lowest BCUT2D eigenvalue weighted by Crippen LogP contribution is -2.36. The third-order valence-corrected chi connectivity index (χ3v) is 5.91. The molecule has 2 aliphatic rings. The molecule has 8 heteroatoms. The largest absolute Gasteiger partial charge is 0.508 e. The summed E-state index contributed by atoms with van der Waals surface area (Å²) in [6.45, 7) is 0.804. The van der Waals surface area contributed by atoms with E-state index in [9.17, 15) is 19.8 Å². The Balaban J connectivity index is 1.87. The van der Waals surface area contributed by atoms with Gasteiger partial charge in [-0.2, -0.15) is 0 Å². The standard InChI is InChI=1S/C23H22ClNO6/c1-30-15-7-8-18(24)17(11-15)21(27)19-20(13-4-2-5-14(26)10-13)25(23(29)22(19)28)12-16-6-3-9-31-16/h2,4-5,7-8,10-11,16,20,26-27H,3,6,9,12H2,1H3/b21-19+. The van der Waals surface area contributed by atoms with E-state index in [4.69, 9.17) is 21.1 Å². The third-order valence-electron chi connectivity index (χ3n) is 5.58. The van der Waals surface area contributed by atoms with Gasteiger partial charge in [-0.25, -0.2) is 0 Å². The maximum Gasteiger partial charge on any atom is 0.295 e. The van der Waals surface area contributed by atoms with Gasteiger partial charge < -0.3 is 24.6 Å². The number of aliphatic hydroxyl groups excluding tert-OH is 1. The van der Waals surface area contributed by atoms with Crippen LogP contribution in [0, 0.1) is 0 Å². The topological polar surface area (TPSA) is 96.3 Å². The van der Waals surface area contributed by atoms with Gasteiger partial charge in [-0.1, -0.05) is 23.7 Å². The monoisotopic (exact) mass is 443 g/mol. The zero-order valence-electron chi connectivity index (χ0n) is 16.9. The highest BCUT2D eigenvalue weighted by Gasteiger charge is 2.47. The number of benzene rings is 2. The fraction of sp³-hybridized carbons (Fsp3) is 0.304. The van der Waals surface area contributed by atoms with Crippen LogP contribution in [-0.2, 0) is 14.3 Å². The predicted molar refractivity (Wildman–Crippen MR) is 114 cm³/mol. The average Bonchev–Trinajstić information content (AvgIpc) is 3.36. The zero-order valence-corrected chi connectivity index (χ0v) is 17.6. The Bertz CT molecular complexity index is 1060. The highest BCUT2D eigenvalue weighted by molar-refractivity contribution is 6.47. The highest BCUT2D eigenvalue weighted by Crippen LogP contribution is 2.42. The minimum absolute atomic E-state index is 0.0142. The van der Waals surface area contributed by atoms with E-state index in [2.05, 4.69) is 0 Å². The van der Waals surface area contributed by atoms with Gasteiger partial charge in [-0.05, 0) is 48.7 Å². The van der Waals surface area contributed by atoms with Gasteiger partial charge in [0.2, 0.25) is 0 Å². The summed E-state index contributed by atoms with van der Waals surface area (Å²) >= 11 is 6.28. The van der Waals surface area contributed by atoms with Crippen LogP contribution < -0.4 is 4.74 Å². The number of phenolic OH excluding ortho intramolecular Hbond substituents is 1. The van der Waals surface area contributed by atoms with Gasteiger partial charge in [0.25, 0.3) is 11.7 Å². The van der Waals surface area contributed by atoms with Crippen molar-refractivity contribution < 1.29 is 29.3 Å². The number of carbonyl (C=O) groups is 2. The minimum Gasteiger partial charge on any atom is -0.508 e. The minimum atomic E-state index is -0.890. The van der Waals surface area contributed by atoms with Crippen LogP contribution in [0.4, 0.5) is 0 Å². The van der Waals surface area contributed by atoms with E-state index in [1.54, 1.807) is 24.3 Å². The molecule has 0 aliphatic carbocycles. The van der Waals surface area contributed by atoms with Gasteiger partial charge in [0.15, 0.2) is 0 Å². The molecule has 0 saturated carbocycles. The van der Waals surface area contributed by atoms with Crippen LogP contribution in [0.5, 0.6) is 11.5 Å². The number of likely N-dealkylation sites (tertiary alicyclic amines) is 1. The second kappa shape index (κ2) is 8.61. The second-order valence-electron chi connectivity index (χ2n) is 7.53. The van der Waals surface area contributed by atoms with Gasteiger partial charge >= 0.3 is 0 Å². The lowest BCUT2D eigenvalue weighted by Gasteiger charge is -2.27. The number of carbonyl (C=O) groups excluding carboxylic acids is 2. The Labute approximate surface area is 184 Å². The maximum absolute atomic E-state index is 13.1. The first kappa shape index (κ1) is 21.2. The molecule has 0 radical (unpaired) electrons. The SMILES string of the molecule is COc1ccc(Cl)c(/C(O)=C2\C(=O)C(=O)N(CC3CCCO3)C2c2cccc(O)c2)c1. The van der Waals surface area contributed by atoms with Crippen LogP contribution in [0.1, 0.15) is 30.0 Å². The summed E-state index contributed by atoms with van der Waals surface area (Å²) in [4.78, 5) is 27.4. The lowest BCUT2D eigenvalue weighted by molar-refractivity contribution is -0.140. The van der Waals surface area contributed by atoms with Crippen LogP contribution in [-0.4, -0.2) is 53.2 Å². The van der Waals surface area contributed by atoms with E-state index in [1.165, 1.54) is 30.2 Å². The number of hydrogen-bond acceptors (Lipinski definition) is 6. The molecule has 1 amide bonds. The normalized spacial score (nSPS) is 22.8. The number of Topliss-reactive ketones (excluding diaryl/α,β-unsaturated/α-hetero) is 1. The molecular weight excluding hydrogens is 422 g/mol. The Morgan fingerprint density at radius 3 is 2.74 bits per heavy atom. The smallest absolute Gasteiger partial charge is 0.295 e. The molecule has 2 heterocycles. The Morgan fingerprint density at radius 1 is 1.26 bits per heavy atom. The average molecular weight is 444 g/mol. The summed E-state index contributed by atoms with van der Waals surface area (Å²) in [6.07, 6.45) is 1.46. The van der Waals surface area contributed by atoms with Crippen LogP contribution in [0.15, 0.2) is 48.0 Å². The molecular formula is C23H22ClNO6. The first-order valence-corrected chi connectivity index (χ1v) is 10.3. The van der Waals surface area contributed by atoms with Crippen molar-refractivity contribution >= 4 is 29.1 Å². The number of ether oxygens (including phenoxy) is 2. The molecule has 0 bridgehead atoms. The number of nitrogens with zero attached hydrogens (tertiary/aromatic N) is 1. The van der Waals surface area contributed by atoms with E-state index in [0.717, 1.165) is 12.8 Å². The number of rotatable bonds is 5. The van der Waals surface area contributed by atoms with Crippen molar-refractivity contribution in [2.24, 2.45) is 0 Å². The fourth-order valence-corrected chi connectivity index (χ4v) is 4.28. The molecule has 0 aromatic heterocycles. The number of amides is 1. The lowest BCUT2D eigenvalue weighted by atomic mass is 9.95. The van der Waals surface area contributed by atoms with Gasteiger partial charge in [-0.15, -0.1) is 0 Å². The fourth-order valence-electron chi connectivity index (χ4n) is 4.08.